The lowest BCUT2D eigenvalue weighted by atomic mass is 9.97. The van der Waals surface area contributed by atoms with Crippen LogP contribution in [0, 0.1) is 0 Å². The lowest BCUT2D eigenvalue weighted by Crippen LogP contribution is -2.21. The lowest BCUT2D eigenvalue weighted by Gasteiger charge is -2.24. The molecule has 1 fully saturated rings. The van der Waals surface area contributed by atoms with Crippen LogP contribution in [0.25, 0.3) is 0 Å². The standard InChI is InChI=1S/C13H14Cl2O3/c14-8-6-10(13(16)17)12(11(15)7-8)18-9-4-2-1-3-5-9/h6-7,9H,1-5H2,(H,16,17). The predicted octanol–water partition coefficient (Wildman–Crippen LogP) is 4.40. The van der Waals surface area contributed by atoms with E-state index >= 15 is 0 Å². The number of benzene rings is 1. The van der Waals surface area contributed by atoms with Gasteiger partial charge in [-0.05, 0) is 37.8 Å². The number of rotatable bonds is 3. The highest BCUT2D eigenvalue weighted by Crippen LogP contribution is 2.35. The molecule has 0 saturated heterocycles. The first-order valence-corrected chi connectivity index (χ1v) is 6.72. The van der Waals surface area contributed by atoms with Crippen LogP contribution in [-0.4, -0.2) is 17.2 Å². The van der Waals surface area contributed by atoms with Crippen molar-refractivity contribution in [2.24, 2.45) is 0 Å². The van der Waals surface area contributed by atoms with E-state index in [1.165, 1.54) is 18.6 Å². The fraction of sp³-hybridized carbons (Fsp3) is 0.462. The largest absolute Gasteiger partial charge is 0.488 e. The molecule has 0 bridgehead atoms. The molecule has 98 valence electrons. The molecule has 0 unspecified atom stereocenters. The van der Waals surface area contributed by atoms with Gasteiger partial charge in [-0.25, -0.2) is 4.79 Å². The quantitative estimate of drug-likeness (QED) is 0.896. The average Bonchev–Trinajstić information content (AvgIpc) is 2.33. The number of carboxylic acid groups (broad SMARTS) is 1. The van der Waals surface area contributed by atoms with Crippen molar-refractivity contribution in [1.82, 2.24) is 0 Å². The molecule has 3 nitrogen and oxygen atoms in total. The van der Waals surface area contributed by atoms with Crippen molar-refractivity contribution in [2.75, 3.05) is 0 Å². The normalized spacial score (nSPS) is 16.6. The molecule has 1 N–H and O–H groups in total. The Balaban J connectivity index is 2.27. The van der Waals surface area contributed by atoms with Crippen molar-refractivity contribution in [3.05, 3.63) is 27.7 Å². The van der Waals surface area contributed by atoms with Gasteiger partial charge in [0.1, 0.15) is 5.56 Å². The predicted molar refractivity (Wildman–Crippen MR) is 70.9 cm³/mol. The third-order valence-corrected chi connectivity index (χ3v) is 3.57. The van der Waals surface area contributed by atoms with Crippen LogP contribution in [0.1, 0.15) is 42.5 Å². The molecule has 0 radical (unpaired) electrons. The van der Waals surface area contributed by atoms with Crippen LogP contribution >= 0.6 is 23.2 Å². The molecule has 0 heterocycles. The van der Waals surface area contributed by atoms with E-state index in [1.54, 1.807) is 0 Å². The summed E-state index contributed by atoms with van der Waals surface area (Å²) in [5.41, 5.74) is 0.0260. The molecule has 1 aromatic carbocycles. The first kappa shape index (κ1) is 13.5. The molecule has 0 atom stereocenters. The van der Waals surface area contributed by atoms with E-state index < -0.39 is 5.97 Å². The molecule has 1 aliphatic rings. The monoisotopic (exact) mass is 288 g/mol. The SMILES string of the molecule is O=C(O)c1cc(Cl)cc(Cl)c1OC1CCCCC1. The van der Waals surface area contributed by atoms with Gasteiger partial charge in [0.25, 0.3) is 0 Å². The summed E-state index contributed by atoms with van der Waals surface area (Å²) in [5, 5.41) is 9.70. The van der Waals surface area contributed by atoms with Gasteiger partial charge in [-0.1, -0.05) is 29.6 Å². The summed E-state index contributed by atoms with van der Waals surface area (Å²) in [6.07, 6.45) is 5.36. The molecule has 0 spiro atoms. The van der Waals surface area contributed by atoms with E-state index in [0.717, 1.165) is 25.7 Å². The van der Waals surface area contributed by atoms with Crippen LogP contribution in [0.2, 0.25) is 10.0 Å². The van der Waals surface area contributed by atoms with Gasteiger partial charge in [-0.2, -0.15) is 0 Å². The maximum absolute atomic E-state index is 11.2. The van der Waals surface area contributed by atoms with Gasteiger partial charge in [0.2, 0.25) is 0 Å². The highest BCUT2D eigenvalue weighted by Gasteiger charge is 2.21. The summed E-state index contributed by atoms with van der Waals surface area (Å²) in [4.78, 5) is 11.2. The molecule has 1 aliphatic carbocycles. The Labute approximate surface area is 116 Å². The number of hydrogen-bond donors (Lipinski definition) is 1. The zero-order chi connectivity index (χ0) is 13.1. The first-order chi connectivity index (χ1) is 8.58. The zero-order valence-electron chi connectivity index (χ0n) is 9.79. The van der Waals surface area contributed by atoms with Crippen molar-refractivity contribution in [3.63, 3.8) is 0 Å². The van der Waals surface area contributed by atoms with Crippen molar-refractivity contribution < 1.29 is 14.6 Å². The third kappa shape index (κ3) is 3.09. The van der Waals surface area contributed by atoms with Crippen molar-refractivity contribution >= 4 is 29.2 Å². The van der Waals surface area contributed by atoms with Gasteiger partial charge in [0.15, 0.2) is 5.75 Å². The number of aromatic carboxylic acids is 1. The summed E-state index contributed by atoms with van der Waals surface area (Å²) >= 11 is 11.8. The first-order valence-electron chi connectivity index (χ1n) is 5.97. The molecule has 18 heavy (non-hydrogen) atoms. The van der Waals surface area contributed by atoms with Crippen LogP contribution in [-0.2, 0) is 0 Å². The Hall–Kier alpha value is -0.930. The van der Waals surface area contributed by atoms with E-state index in [4.69, 9.17) is 33.0 Å². The number of halogens is 2. The fourth-order valence-corrected chi connectivity index (χ4v) is 2.73. The van der Waals surface area contributed by atoms with Crippen LogP contribution in [0.3, 0.4) is 0 Å². The second-order valence-corrected chi connectivity index (χ2v) is 5.29. The average molecular weight is 289 g/mol. The van der Waals surface area contributed by atoms with E-state index in [9.17, 15) is 4.79 Å². The summed E-state index contributed by atoms with van der Waals surface area (Å²) < 4.78 is 5.76. The van der Waals surface area contributed by atoms with E-state index in [-0.39, 0.29) is 22.4 Å². The second-order valence-electron chi connectivity index (χ2n) is 4.45. The topological polar surface area (TPSA) is 46.5 Å². The molecular formula is C13H14Cl2O3. The zero-order valence-corrected chi connectivity index (χ0v) is 11.3. The van der Waals surface area contributed by atoms with Gasteiger partial charge in [0.05, 0.1) is 11.1 Å². The second kappa shape index (κ2) is 5.81. The highest BCUT2D eigenvalue weighted by molar-refractivity contribution is 6.36. The maximum Gasteiger partial charge on any atom is 0.339 e. The van der Waals surface area contributed by atoms with Crippen molar-refractivity contribution in [3.8, 4) is 5.75 Å². The van der Waals surface area contributed by atoms with Gasteiger partial charge in [-0.15, -0.1) is 0 Å². The number of carbonyl (C=O) groups is 1. The Morgan fingerprint density at radius 1 is 1.22 bits per heavy atom. The third-order valence-electron chi connectivity index (χ3n) is 3.08. The summed E-state index contributed by atoms with van der Waals surface area (Å²) in [7, 11) is 0. The molecule has 2 rings (SSSR count). The van der Waals surface area contributed by atoms with Gasteiger partial charge in [-0.3, -0.25) is 0 Å². The van der Waals surface area contributed by atoms with Crippen LogP contribution in [0.15, 0.2) is 12.1 Å². The van der Waals surface area contributed by atoms with Crippen molar-refractivity contribution in [1.29, 1.82) is 0 Å². The Morgan fingerprint density at radius 2 is 1.89 bits per heavy atom. The number of carboxylic acids is 1. The summed E-state index contributed by atoms with van der Waals surface area (Å²) in [6.45, 7) is 0. The number of hydrogen-bond acceptors (Lipinski definition) is 2. The highest BCUT2D eigenvalue weighted by atomic mass is 35.5. The molecule has 0 aliphatic heterocycles. The molecule has 1 aromatic rings. The Kier molecular flexibility index (Phi) is 4.36. The minimum absolute atomic E-state index is 0.0260. The fourth-order valence-electron chi connectivity index (χ4n) is 2.19. The van der Waals surface area contributed by atoms with Crippen LogP contribution in [0.5, 0.6) is 5.75 Å². The van der Waals surface area contributed by atoms with Crippen molar-refractivity contribution in [2.45, 2.75) is 38.2 Å². The van der Waals surface area contributed by atoms with E-state index in [0.29, 0.717) is 5.02 Å². The maximum atomic E-state index is 11.2. The summed E-state index contributed by atoms with van der Waals surface area (Å²) in [5.74, 6) is -0.842. The van der Waals surface area contributed by atoms with Gasteiger partial charge < -0.3 is 9.84 Å². The molecule has 5 heteroatoms. The molecule has 0 amide bonds. The van der Waals surface area contributed by atoms with Crippen LogP contribution < -0.4 is 4.74 Å². The molecular weight excluding hydrogens is 275 g/mol. The van der Waals surface area contributed by atoms with Gasteiger partial charge >= 0.3 is 5.97 Å². The molecule has 0 aromatic heterocycles. The minimum atomic E-state index is -1.08. The number of ether oxygens (including phenoxy) is 1. The summed E-state index contributed by atoms with van der Waals surface area (Å²) in [6, 6.07) is 2.88. The Bertz CT molecular complexity index is 454. The Morgan fingerprint density at radius 3 is 2.50 bits per heavy atom. The smallest absolute Gasteiger partial charge is 0.339 e. The minimum Gasteiger partial charge on any atom is -0.488 e. The van der Waals surface area contributed by atoms with E-state index in [1.807, 2.05) is 0 Å². The van der Waals surface area contributed by atoms with E-state index in [2.05, 4.69) is 0 Å². The van der Waals surface area contributed by atoms with Crippen LogP contribution in [0.4, 0.5) is 0 Å². The lowest BCUT2D eigenvalue weighted by molar-refractivity contribution is 0.0686. The molecule has 1 saturated carbocycles. The van der Waals surface area contributed by atoms with Gasteiger partial charge in [0, 0.05) is 5.02 Å².